The van der Waals surface area contributed by atoms with Crippen LogP contribution >= 0.6 is 22.7 Å². The number of hydrogen-bond acceptors (Lipinski definition) is 16. The number of rotatable bonds is 4. The predicted molar refractivity (Wildman–Crippen MR) is 168 cm³/mol. The first kappa shape index (κ1) is 50.3. The van der Waals surface area contributed by atoms with Gasteiger partial charge in [0.1, 0.15) is 22.8 Å². The van der Waals surface area contributed by atoms with Crippen LogP contribution < -0.4 is 0 Å². The normalized spacial score (nSPS) is 8.33. The van der Waals surface area contributed by atoms with Gasteiger partial charge in [-0.2, -0.15) is 0 Å². The molecule has 0 saturated heterocycles. The summed E-state index contributed by atoms with van der Waals surface area (Å²) >= 11 is 2.98. The van der Waals surface area contributed by atoms with Gasteiger partial charge in [-0.1, -0.05) is 46.9 Å². The Morgan fingerprint density at radius 2 is 0.604 bits per heavy atom. The van der Waals surface area contributed by atoms with Crippen molar-refractivity contribution in [2.45, 2.75) is 0 Å². The van der Waals surface area contributed by atoms with Gasteiger partial charge in [0.2, 0.25) is 0 Å². The Balaban J connectivity index is -0.000000300. The van der Waals surface area contributed by atoms with Crippen molar-refractivity contribution in [1.82, 2.24) is 40.3 Å². The SMILES string of the molecule is O.O.O.O.O=[N+]([O-])[O-].O=[N+]([O-])[O-].[Ag+].[Ag+].c1ccc(-c2nnc(-c3ccccn3)s2)nc1.c1ccc(-c2nnc(-c3ccccn3)s2)nc1. The Bertz CT molecular complexity index is 1440. The molecule has 6 aromatic rings. The largest absolute Gasteiger partial charge is 1.00 e. The zero-order valence-corrected chi connectivity index (χ0v) is 28.2. The molecule has 0 spiro atoms. The maximum atomic E-state index is 8.25. The second-order valence-electron chi connectivity index (χ2n) is 7.13. The number of nitrogens with zero attached hydrogens (tertiary/aromatic N) is 10. The van der Waals surface area contributed by atoms with Gasteiger partial charge in [0, 0.05) is 24.8 Å². The average Bonchev–Trinajstić information content (AvgIpc) is 3.70. The Labute approximate surface area is 309 Å². The summed E-state index contributed by atoms with van der Waals surface area (Å²) in [4.78, 5) is 33.5. The molecule has 24 heteroatoms. The van der Waals surface area contributed by atoms with E-state index in [1.54, 1.807) is 24.8 Å². The van der Waals surface area contributed by atoms with Crippen LogP contribution in [0.25, 0.3) is 42.8 Å². The van der Waals surface area contributed by atoms with E-state index >= 15 is 0 Å². The summed E-state index contributed by atoms with van der Waals surface area (Å²) in [7, 11) is 0. The summed E-state index contributed by atoms with van der Waals surface area (Å²) in [5, 5.41) is 49.3. The van der Waals surface area contributed by atoms with Crippen molar-refractivity contribution >= 4 is 22.7 Å². The smallest absolute Gasteiger partial charge is 0.412 e. The molecule has 0 aliphatic carbocycles. The molecular formula is C24H24Ag2N10O10S2. The van der Waals surface area contributed by atoms with E-state index in [-0.39, 0.29) is 66.7 Å². The van der Waals surface area contributed by atoms with Gasteiger partial charge in [-0.3, -0.25) is 19.9 Å². The minimum atomic E-state index is -1.75. The Morgan fingerprint density at radius 3 is 0.750 bits per heavy atom. The van der Waals surface area contributed by atoms with E-state index in [0.29, 0.717) is 0 Å². The molecule has 0 saturated carbocycles. The topological polar surface area (TPSA) is 362 Å². The Kier molecular flexibility index (Phi) is 28.9. The van der Waals surface area contributed by atoms with Crippen LogP contribution in [-0.4, -0.2) is 72.4 Å². The molecule has 8 N–H and O–H groups in total. The standard InChI is InChI=1S/2C12H8N4S.2Ag.2NO3.4H2O/c2*1-3-7-13-9(5-1)11-15-16-12(17-11)10-6-2-4-8-14-10;;;2*2-1(3)4;;;;/h2*1-8H;;;;;4*1H2/q;;2*+1;2*-1;;;;. The van der Waals surface area contributed by atoms with Crippen LogP contribution in [-0.2, 0) is 44.8 Å². The molecule has 6 heterocycles. The summed E-state index contributed by atoms with van der Waals surface area (Å²) in [6, 6.07) is 22.9. The zero-order chi connectivity index (χ0) is 30.2. The van der Waals surface area contributed by atoms with E-state index in [0.717, 1.165) is 42.8 Å². The van der Waals surface area contributed by atoms with Crippen molar-refractivity contribution < 1.29 is 76.8 Å². The molecule has 6 rings (SSSR count). The van der Waals surface area contributed by atoms with E-state index < -0.39 is 10.2 Å². The van der Waals surface area contributed by atoms with E-state index in [1.165, 1.54) is 22.7 Å². The predicted octanol–water partition coefficient (Wildman–Crippen LogP) is 1.54. The first-order valence-electron chi connectivity index (χ1n) is 11.3. The van der Waals surface area contributed by atoms with Crippen molar-refractivity contribution in [2.24, 2.45) is 0 Å². The van der Waals surface area contributed by atoms with E-state index in [9.17, 15) is 0 Å². The molecule has 0 bridgehead atoms. The molecule has 0 fully saturated rings. The molecule has 0 aromatic carbocycles. The minimum Gasteiger partial charge on any atom is -0.412 e. The summed E-state index contributed by atoms with van der Waals surface area (Å²) in [6.45, 7) is 0. The second-order valence-corrected chi connectivity index (χ2v) is 9.09. The van der Waals surface area contributed by atoms with Gasteiger partial charge in [-0.15, -0.1) is 20.4 Å². The fourth-order valence-corrected chi connectivity index (χ4v) is 4.41. The summed E-state index contributed by atoms with van der Waals surface area (Å²) in [5.74, 6) is 0. The molecule has 0 aliphatic heterocycles. The van der Waals surface area contributed by atoms with Gasteiger partial charge in [-0.05, 0) is 48.5 Å². The molecule has 48 heavy (non-hydrogen) atoms. The molecule has 0 aliphatic rings. The van der Waals surface area contributed by atoms with Crippen LogP contribution in [0.2, 0.25) is 0 Å². The fourth-order valence-electron chi connectivity index (χ4n) is 2.82. The monoisotopic (exact) mass is 890 g/mol. The van der Waals surface area contributed by atoms with Gasteiger partial charge in [-0.25, -0.2) is 0 Å². The second kappa shape index (κ2) is 27.5. The van der Waals surface area contributed by atoms with E-state index in [2.05, 4.69) is 40.3 Å². The molecule has 0 radical (unpaired) electrons. The maximum absolute atomic E-state index is 8.25. The molecule has 0 unspecified atom stereocenters. The maximum Gasteiger partial charge on any atom is 1.00 e. The summed E-state index contributed by atoms with van der Waals surface area (Å²) < 4.78 is 0. The first-order chi connectivity index (χ1) is 20.3. The third kappa shape index (κ3) is 18.0. The zero-order valence-electron chi connectivity index (χ0n) is 23.6. The third-order valence-electron chi connectivity index (χ3n) is 4.39. The Morgan fingerprint density at radius 1 is 0.417 bits per heavy atom. The van der Waals surface area contributed by atoms with Gasteiger partial charge in [0.05, 0.1) is 10.2 Å². The minimum absolute atomic E-state index is 0. The Hall–Kier alpha value is -4.56. The summed E-state index contributed by atoms with van der Waals surface area (Å²) in [6.07, 6.45) is 6.99. The number of pyridine rings is 4. The third-order valence-corrected chi connectivity index (χ3v) is 6.32. The van der Waals surface area contributed by atoms with E-state index in [4.69, 9.17) is 30.6 Å². The van der Waals surface area contributed by atoms with Gasteiger partial charge in [0.15, 0.2) is 20.0 Å². The van der Waals surface area contributed by atoms with Crippen LogP contribution in [0.3, 0.4) is 0 Å². The van der Waals surface area contributed by atoms with Crippen molar-refractivity contribution in [1.29, 1.82) is 0 Å². The molecule has 264 valence electrons. The number of aromatic nitrogens is 8. The van der Waals surface area contributed by atoms with Gasteiger partial charge in [0.25, 0.3) is 0 Å². The molecular weight excluding hydrogens is 868 g/mol. The molecule has 0 amide bonds. The van der Waals surface area contributed by atoms with Crippen molar-refractivity contribution in [3.8, 4) is 42.8 Å². The van der Waals surface area contributed by atoms with Crippen LogP contribution in [0.4, 0.5) is 0 Å². The van der Waals surface area contributed by atoms with Crippen LogP contribution in [0.5, 0.6) is 0 Å². The molecule has 0 atom stereocenters. The number of hydrogen-bond donors (Lipinski definition) is 0. The van der Waals surface area contributed by atoms with E-state index in [1.807, 2.05) is 72.8 Å². The van der Waals surface area contributed by atoms with Gasteiger partial charge < -0.3 is 52.5 Å². The molecule has 6 aromatic heterocycles. The van der Waals surface area contributed by atoms with Crippen molar-refractivity contribution in [2.75, 3.05) is 0 Å². The first-order valence-corrected chi connectivity index (χ1v) is 12.9. The van der Waals surface area contributed by atoms with Gasteiger partial charge >= 0.3 is 44.8 Å². The summed E-state index contributed by atoms with van der Waals surface area (Å²) in [5.41, 5.74) is 3.36. The van der Waals surface area contributed by atoms with Crippen LogP contribution in [0.1, 0.15) is 0 Å². The molecule has 20 nitrogen and oxygen atoms in total. The average molecular weight is 892 g/mol. The van der Waals surface area contributed by atoms with Crippen molar-refractivity contribution in [3.05, 3.63) is 128 Å². The fraction of sp³-hybridized carbons (Fsp3) is 0. The van der Waals surface area contributed by atoms with Crippen LogP contribution in [0, 0.1) is 30.6 Å². The van der Waals surface area contributed by atoms with Crippen LogP contribution in [0.15, 0.2) is 97.6 Å². The quantitative estimate of drug-likeness (QED) is 0.138. The van der Waals surface area contributed by atoms with Crippen molar-refractivity contribution in [3.63, 3.8) is 0 Å².